The molecule has 2 amide bonds. The summed E-state index contributed by atoms with van der Waals surface area (Å²) in [4.78, 5) is 24.8. The van der Waals surface area contributed by atoms with Crippen LogP contribution in [0, 0.1) is 0 Å². The van der Waals surface area contributed by atoms with Gasteiger partial charge in [-0.3, -0.25) is 9.59 Å². The number of hydrogen-bond acceptors (Lipinski definition) is 3. The summed E-state index contributed by atoms with van der Waals surface area (Å²) < 4.78 is 0. The molecule has 6 heteroatoms. The van der Waals surface area contributed by atoms with Gasteiger partial charge in [0.1, 0.15) is 6.04 Å². The van der Waals surface area contributed by atoms with Gasteiger partial charge in [-0.15, -0.1) is 12.4 Å². The van der Waals surface area contributed by atoms with Gasteiger partial charge in [0.25, 0.3) is 0 Å². The average Bonchev–Trinajstić information content (AvgIpc) is 2.68. The molecule has 2 atom stereocenters. The number of amides is 2. The van der Waals surface area contributed by atoms with E-state index in [4.69, 9.17) is 0 Å². The van der Waals surface area contributed by atoms with Crippen LogP contribution in [0.1, 0.15) is 30.5 Å². The summed E-state index contributed by atoms with van der Waals surface area (Å²) in [6.45, 7) is 4.45. The second-order valence-corrected chi connectivity index (χ2v) is 6.68. The molecule has 3 N–H and O–H groups in total. The minimum absolute atomic E-state index is 0. The van der Waals surface area contributed by atoms with Gasteiger partial charge in [0, 0.05) is 12.2 Å². The summed E-state index contributed by atoms with van der Waals surface area (Å²) in [5.74, 6) is -0.373. The molecule has 5 nitrogen and oxygen atoms in total. The molecule has 0 saturated carbocycles. The first-order chi connectivity index (χ1) is 12.6. The van der Waals surface area contributed by atoms with E-state index in [1.165, 1.54) is 16.7 Å². The highest BCUT2D eigenvalue weighted by molar-refractivity contribution is 5.97. The highest BCUT2D eigenvalue weighted by atomic mass is 35.5. The summed E-state index contributed by atoms with van der Waals surface area (Å²) in [5.41, 5.74) is 4.35. The lowest BCUT2D eigenvalue weighted by molar-refractivity contribution is -0.127. The van der Waals surface area contributed by atoms with Crippen molar-refractivity contribution in [3.63, 3.8) is 0 Å². The van der Waals surface area contributed by atoms with E-state index < -0.39 is 6.04 Å². The van der Waals surface area contributed by atoms with E-state index in [1.807, 2.05) is 42.5 Å². The van der Waals surface area contributed by atoms with Crippen molar-refractivity contribution in [2.75, 3.05) is 5.32 Å². The van der Waals surface area contributed by atoms with Gasteiger partial charge < -0.3 is 16.0 Å². The predicted molar refractivity (Wildman–Crippen MR) is 110 cm³/mol. The highest BCUT2D eigenvalue weighted by Gasteiger charge is 2.26. The molecule has 0 saturated heterocycles. The number of benzene rings is 2. The molecule has 3 rings (SSSR count). The third-order valence-electron chi connectivity index (χ3n) is 4.78. The van der Waals surface area contributed by atoms with E-state index in [0.717, 1.165) is 12.1 Å². The Hall–Kier alpha value is -2.37. The van der Waals surface area contributed by atoms with E-state index in [9.17, 15) is 9.59 Å². The highest BCUT2D eigenvalue weighted by Crippen LogP contribution is 2.16. The number of anilines is 1. The molecule has 0 radical (unpaired) electrons. The summed E-state index contributed by atoms with van der Waals surface area (Å²) in [6.07, 6.45) is 1.59. The Bertz CT molecular complexity index is 792. The van der Waals surface area contributed by atoms with Crippen molar-refractivity contribution in [2.24, 2.45) is 0 Å². The second-order valence-electron chi connectivity index (χ2n) is 6.68. The largest absolute Gasteiger partial charge is 0.343 e. The van der Waals surface area contributed by atoms with Crippen LogP contribution in [-0.4, -0.2) is 23.9 Å². The van der Waals surface area contributed by atoms with Crippen LogP contribution >= 0.6 is 12.4 Å². The van der Waals surface area contributed by atoms with Gasteiger partial charge in [0.2, 0.25) is 11.8 Å². The van der Waals surface area contributed by atoms with Crippen molar-refractivity contribution in [1.29, 1.82) is 0 Å². The number of carbonyl (C=O) groups is 2. The summed E-state index contributed by atoms with van der Waals surface area (Å²) in [7, 11) is 0. The van der Waals surface area contributed by atoms with Crippen molar-refractivity contribution >= 4 is 29.9 Å². The zero-order chi connectivity index (χ0) is 18.5. The lowest BCUT2D eigenvalue weighted by Gasteiger charge is -2.26. The minimum atomic E-state index is -0.604. The number of nitrogens with one attached hydrogen (secondary N) is 3. The maximum absolute atomic E-state index is 12.5. The Kier molecular flexibility index (Phi) is 7.39. The molecule has 2 aromatic carbocycles. The van der Waals surface area contributed by atoms with Gasteiger partial charge in [0.05, 0.1) is 6.04 Å². The van der Waals surface area contributed by atoms with Crippen LogP contribution in [0.15, 0.2) is 48.5 Å². The first-order valence-corrected chi connectivity index (χ1v) is 9.07. The zero-order valence-corrected chi connectivity index (χ0v) is 16.4. The standard InChI is InChI=1S/C21H25N3O2.ClH/c1-3-15-8-10-18(11-9-15)24-20(25)14(2)23-21(26)19-12-16-6-4-5-7-17(16)13-22-19;/h4-11,14,19,22H,3,12-13H2,1-2H3,(H,23,26)(H,24,25);1H. The normalized spacial score (nSPS) is 16.4. The van der Waals surface area contributed by atoms with Crippen LogP contribution in [0.2, 0.25) is 0 Å². The molecule has 27 heavy (non-hydrogen) atoms. The fourth-order valence-corrected chi connectivity index (χ4v) is 3.09. The Morgan fingerprint density at radius 1 is 1.11 bits per heavy atom. The fourth-order valence-electron chi connectivity index (χ4n) is 3.09. The Balaban J connectivity index is 0.00000261. The summed E-state index contributed by atoms with van der Waals surface area (Å²) >= 11 is 0. The molecule has 144 valence electrons. The Labute approximate surface area is 166 Å². The number of fused-ring (bicyclic) bond motifs is 1. The van der Waals surface area contributed by atoms with Crippen LogP contribution in [0.4, 0.5) is 5.69 Å². The van der Waals surface area contributed by atoms with Gasteiger partial charge in [-0.2, -0.15) is 0 Å². The third-order valence-corrected chi connectivity index (χ3v) is 4.78. The molecule has 0 bridgehead atoms. The minimum Gasteiger partial charge on any atom is -0.343 e. The van der Waals surface area contributed by atoms with Gasteiger partial charge in [-0.1, -0.05) is 43.3 Å². The van der Waals surface area contributed by atoms with E-state index in [0.29, 0.717) is 13.0 Å². The van der Waals surface area contributed by atoms with Crippen molar-refractivity contribution in [2.45, 2.75) is 45.3 Å². The zero-order valence-electron chi connectivity index (χ0n) is 15.6. The van der Waals surface area contributed by atoms with Crippen molar-refractivity contribution < 1.29 is 9.59 Å². The van der Waals surface area contributed by atoms with E-state index in [-0.39, 0.29) is 30.3 Å². The monoisotopic (exact) mass is 387 g/mol. The SMILES string of the molecule is CCc1ccc(NC(=O)C(C)NC(=O)C2Cc3ccccc3CN2)cc1.Cl. The van der Waals surface area contributed by atoms with Crippen LogP contribution in [0.3, 0.4) is 0 Å². The molecule has 2 unspecified atom stereocenters. The molecule has 0 aromatic heterocycles. The van der Waals surface area contributed by atoms with Gasteiger partial charge >= 0.3 is 0 Å². The number of hydrogen-bond donors (Lipinski definition) is 3. The summed E-state index contributed by atoms with van der Waals surface area (Å²) in [5, 5.41) is 8.89. The first kappa shape index (κ1) is 20.9. The van der Waals surface area contributed by atoms with Crippen LogP contribution < -0.4 is 16.0 Å². The van der Waals surface area contributed by atoms with Gasteiger partial charge in [-0.25, -0.2) is 0 Å². The average molecular weight is 388 g/mol. The number of halogens is 1. The number of rotatable bonds is 5. The molecule has 1 heterocycles. The smallest absolute Gasteiger partial charge is 0.246 e. The second kappa shape index (κ2) is 9.53. The molecular formula is C21H26ClN3O2. The van der Waals surface area contributed by atoms with E-state index in [1.54, 1.807) is 6.92 Å². The molecule has 2 aromatic rings. The number of aryl methyl sites for hydroxylation is 1. The van der Waals surface area contributed by atoms with Crippen LogP contribution in [0.5, 0.6) is 0 Å². The molecule has 0 fully saturated rings. The van der Waals surface area contributed by atoms with Crippen LogP contribution in [0.25, 0.3) is 0 Å². The van der Waals surface area contributed by atoms with Crippen molar-refractivity contribution in [1.82, 2.24) is 10.6 Å². The molecule has 1 aliphatic rings. The molecule has 0 aliphatic carbocycles. The predicted octanol–water partition coefficient (Wildman–Crippen LogP) is 2.83. The van der Waals surface area contributed by atoms with Crippen LogP contribution in [-0.2, 0) is 29.0 Å². The van der Waals surface area contributed by atoms with Gasteiger partial charge in [-0.05, 0) is 48.6 Å². The van der Waals surface area contributed by atoms with Crippen molar-refractivity contribution in [3.8, 4) is 0 Å². The lowest BCUT2D eigenvalue weighted by atomic mass is 9.95. The number of carbonyl (C=O) groups excluding carboxylic acids is 2. The molecular weight excluding hydrogens is 362 g/mol. The lowest BCUT2D eigenvalue weighted by Crippen LogP contribution is -2.52. The van der Waals surface area contributed by atoms with Crippen molar-refractivity contribution in [3.05, 3.63) is 65.2 Å². The van der Waals surface area contributed by atoms with Gasteiger partial charge in [0.15, 0.2) is 0 Å². The van der Waals surface area contributed by atoms with E-state index in [2.05, 4.69) is 28.9 Å². The maximum atomic E-state index is 12.5. The molecule has 0 spiro atoms. The quantitative estimate of drug-likeness (QED) is 0.738. The fraction of sp³-hybridized carbons (Fsp3) is 0.333. The summed E-state index contributed by atoms with van der Waals surface area (Å²) in [6, 6.07) is 14.9. The Morgan fingerprint density at radius 3 is 2.44 bits per heavy atom. The maximum Gasteiger partial charge on any atom is 0.246 e. The topological polar surface area (TPSA) is 70.2 Å². The first-order valence-electron chi connectivity index (χ1n) is 9.07. The Morgan fingerprint density at radius 2 is 1.78 bits per heavy atom. The molecule has 1 aliphatic heterocycles. The third kappa shape index (κ3) is 5.31. The van der Waals surface area contributed by atoms with E-state index >= 15 is 0 Å².